The first-order chi connectivity index (χ1) is 13.4. The number of carbonyl (C=O) groups is 4. The maximum Gasteiger partial charge on any atom is 0.332 e. The zero-order valence-electron chi connectivity index (χ0n) is 15.6. The highest BCUT2D eigenvalue weighted by Crippen LogP contribution is 2.39. The average molecular weight is 377 g/mol. The minimum absolute atomic E-state index is 0.116. The van der Waals surface area contributed by atoms with Crippen molar-refractivity contribution in [3.8, 4) is 0 Å². The second kappa shape index (κ2) is 6.41. The molecule has 0 fully saturated rings. The van der Waals surface area contributed by atoms with Crippen molar-refractivity contribution in [1.82, 2.24) is 5.32 Å². The van der Waals surface area contributed by atoms with Gasteiger partial charge in [-0.05, 0) is 24.1 Å². The van der Waals surface area contributed by atoms with Gasteiger partial charge in [-0.3, -0.25) is 14.4 Å². The Balaban J connectivity index is 1.85. The standard InChI is InChI=1S/C22H19NO5/c1-3-28-21(27)22(23-12(2)24)10-13-8-9-16-18(17(13)11-22)20(26)15-7-5-4-6-14(15)19(16)25/h4-9H,3,10-11H2,1-2H3,(H,23,24). The number of fused-ring (bicyclic) bond motifs is 4. The van der Waals surface area contributed by atoms with Crippen LogP contribution in [0.5, 0.6) is 0 Å². The van der Waals surface area contributed by atoms with E-state index in [0.29, 0.717) is 27.8 Å². The highest BCUT2D eigenvalue weighted by molar-refractivity contribution is 6.29. The third kappa shape index (κ3) is 2.56. The molecule has 6 heteroatoms. The Morgan fingerprint density at radius 1 is 1.00 bits per heavy atom. The van der Waals surface area contributed by atoms with Gasteiger partial charge in [0, 0.05) is 42.0 Å². The van der Waals surface area contributed by atoms with Gasteiger partial charge in [-0.1, -0.05) is 30.3 Å². The molecule has 6 nitrogen and oxygen atoms in total. The molecule has 4 rings (SSSR count). The highest BCUT2D eigenvalue weighted by Gasteiger charge is 2.48. The van der Waals surface area contributed by atoms with Gasteiger partial charge in [-0.2, -0.15) is 0 Å². The van der Waals surface area contributed by atoms with Crippen LogP contribution in [0.4, 0.5) is 0 Å². The van der Waals surface area contributed by atoms with E-state index in [-0.39, 0.29) is 36.9 Å². The molecule has 2 aliphatic rings. The van der Waals surface area contributed by atoms with E-state index in [4.69, 9.17) is 4.74 Å². The van der Waals surface area contributed by atoms with Crippen molar-refractivity contribution in [2.24, 2.45) is 0 Å². The molecular formula is C22H19NO5. The first kappa shape index (κ1) is 18.1. The molecule has 0 spiro atoms. The zero-order valence-corrected chi connectivity index (χ0v) is 15.6. The van der Waals surface area contributed by atoms with Crippen molar-refractivity contribution >= 4 is 23.4 Å². The van der Waals surface area contributed by atoms with Gasteiger partial charge in [-0.15, -0.1) is 0 Å². The van der Waals surface area contributed by atoms with Crippen LogP contribution >= 0.6 is 0 Å². The maximum atomic E-state index is 13.2. The van der Waals surface area contributed by atoms with Crippen molar-refractivity contribution < 1.29 is 23.9 Å². The van der Waals surface area contributed by atoms with Crippen molar-refractivity contribution in [3.63, 3.8) is 0 Å². The normalized spacial score (nSPS) is 19.5. The van der Waals surface area contributed by atoms with Crippen LogP contribution in [0, 0.1) is 0 Å². The number of benzene rings is 2. The topological polar surface area (TPSA) is 89.5 Å². The van der Waals surface area contributed by atoms with E-state index in [0.717, 1.165) is 5.56 Å². The third-order valence-electron chi connectivity index (χ3n) is 5.35. The van der Waals surface area contributed by atoms with Crippen molar-refractivity contribution in [2.75, 3.05) is 6.61 Å². The monoisotopic (exact) mass is 377 g/mol. The van der Waals surface area contributed by atoms with Crippen LogP contribution in [0.3, 0.4) is 0 Å². The van der Waals surface area contributed by atoms with E-state index < -0.39 is 11.5 Å². The number of ketones is 2. The molecule has 0 aromatic heterocycles. The van der Waals surface area contributed by atoms with Gasteiger partial charge in [0.15, 0.2) is 11.6 Å². The molecule has 142 valence electrons. The summed E-state index contributed by atoms with van der Waals surface area (Å²) in [5.41, 5.74) is 1.55. The first-order valence-electron chi connectivity index (χ1n) is 9.17. The molecule has 0 heterocycles. The summed E-state index contributed by atoms with van der Waals surface area (Å²) < 4.78 is 5.20. The molecule has 0 radical (unpaired) electrons. The summed E-state index contributed by atoms with van der Waals surface area (Å²) in [6, 6.07) is 10.1. The SMILES string of the molecule is CCOC(=O)C1(NC(C)=O)Cc2ccc3c(c2C1)C(=O)c1ccccc1C3=O. The van der Waals surface area contributed by atoms with Gasteiger partial charge >= 0.3 is 5.97 Å². The largest absolute Gasteiger partial charge is 0.464 e. The first-order valence-corrected chi connectivity index (χ1v) is 9.17. The van der Waals surface area contributed by atoms with Gasteiger partial charge in [0.05, 0.1) is 6.61 Å². The van der Waals surface area contributed by atoms with Crippen molar-refractivity contribution in [1.29, 1.82) is 0 Å². The van der Waals surface area contributed by atoms with E-state index in [1.54, 1.807) is 43.3 Å². The predicted octanol–water partition coefficient (Wildman–Crippen LogP) is 2.00. The number of ether oxygens (including phenoxy) is 1. The number of esters is 1. The Hall–Kier alpha value is -3.28. The second-order valence-electron chi connectivity index (χ2n) is 7.17. The van der Waals surface area contributed by atoms with Gasteiger partial charge < -0.3 is 10.1 Å². The lowest BCUT2D eigenvalue weighted by atomic mass is 9.80. The van der Waals surface area contributed by atoms with E-state index in [9.17, 15) is 19.2 Å². The van der Waals surface area contributed by atoms with E-state index in [2.05, 4.69) is 5.32 Å². The molecule has 0 saturated carbocycles. The lowest BCUT2D eigenvalue weighted by molar-refractivity contribution is -0.152. The number of amides is 1. The number of nitrogens with one attached hydrogen (secondary N) is 1. The molecule has 0 bridgehead atoms. The number of hydrogen-bond donors (Lipinski definition) is 1. The van der Waals surface area contributed by atoms with Crippen LogP contribution < -0.4 is 5.32 Å². The molecule has 0 aliphatic heterocycles. The Labute approximate surface area is 161 Å². The summed E-state index contributed by atoms with van der Waals surface area (Å²) >= 11 is 0. The Morgan fingerprint density at radius 2 is 1.68 bits per heavy atom. The average Bonchev–Trinajstić information content (AvgIpc) is 3.04. The lowest BCUT2D eigenvalue weighted by Gasteiger charge is -2.27. The Kier molecular flexibility index (Phi) is 4.14. The van der Waals surface area contributed by atoms with Crippen LogP contribution in [-0.2, 0) is 27.2 Å². The molecule has 2 aromatic carbocycles. The third-order valence-corrected chi connectivity index (χ3v) is 5.35. The minimum atomic E-state index is -1.26. The zero-order chi connectivity index (χ0) is 20.1. The van der Waals surface area contributed by atoms with Crippen LogP contribution in [0.25, 0.3) is 0 Å². The number of carbonyl (C=O) groups excluding carboxylic acids is 4. The van der Waals surface area contributed by atoms with Gasteiger partial charge in [0.2, 0.25) is 5.91 Å². The fraction of sp³-hybridized carbons (Fsp3) is 0.273. The predicted molar refractivity (Wildman–Crippen MR) is 100 cm³/mol. The quantitative estimate of drug-likeness (QED) is 0.705. The van der Waals surface area contributed by atoms with Crippen LogP contribution in [0.15, 0.2) is 36.4 Å². The molecule has 1 atom stereocenters. The van der Waals surface area contributed by atoms with Gasteiger partial charge in [-0.25, -0.2) is 4.79 Å². The van der Waals surface area contributed by atoms with Crippen LogP contribution in [0.1, 0.15) is 56.8 Å². The second-order valence-corrected chi connectivity index (χ2v) is 7.17. The molecular weight excluding hydrogens is 358 g/mol. The molecule has 1 unspecified atom stereocenters. The summed E-state index contributed by atoms with van der Waals surface area (Å²) in [7, 11) is 0. The molecule has 1 amide bonds. The highest BCUT2D eigenvalue weighted by atomic mass is 16.5. The summed E-state index contributed by atoms with van der Waals surface area (Å²) in [5.74, 6) is -1.33. The number of rotatable bonds is 3. The summed E-state index contributed by atoms with van der Waals surface area (Å²) in [6.45, 7) is 3.21. The van der Waals surface area contributed by atoms with Gasteiger partial charge in [0.25, 0.3) is 0 Å². The smallest absolute Gasteiger partial charge is 0.332 e. The summed E-state index contributed by atoms with van der Waals surface area (Å²) in [6.07, 6.45) is 0.336. The lowest BCUT2D eigenvalue weighted by Crippen LogP contribution is -2.55. The Morgan fingerprint density at radius 3 is 2.32 bits per heavy atom. The summed E-state index contributed by atoms with van der Waals surface area (Å²) in [4.78, 5) is 50.6. The fourth-order valence-corrected chi connectivity index (χ4v) is 4.25. The molecule has 1 N–H and O–H groups in total. The van der Waals surface area contributed by atoms with Crippen molar-refractivity contribution in [2.45, 2.75) is 32.2 Å². The van der Waals surface area contributed by atoms with Crippen molar-refractivity contribution in [3.05, 3.63) is 69.8 Å². The molecule has 0 saturated heterocycles. The van der Waals surface area contributed by atoms with Gasteiger partial charge in [0.1, 0.15) is 5.54 Å². The molecule has 28 heavy (non-hydrogen) atoms. The molecule has 2 aromatic rings. The van der Waals surface area contributed by atoms with Crippen LogP contribution in [0.2, 0.25) is 0 Å². The fourth-order valence-electron chi connectivity index (χ4n) is 4.25. The maximum absolute atomic E-state index is 13.2. The molecule has 2 aliphatic carbocycles. The minimum Gasteiger partial charge on any atom is -0.464 e. The van der Waals surface area contributed by atoms with E-state index in [1.165, 1.54) is 6.92 Å². The van der Waals surface area contributed by atoms with E-state index >= 15 is 0 Å². The Bertz CT molecular complexity index is 1050. The van der Waals surface area contributed by atoms with Crippen LogP contribution in [-0.4, -0.2) is 35.6 Å². The van der Waals surface area contributed by atoms with E-state index in [1.807, 2.05) is 0 Å². The number of hydrogen-bond acceptors (Lipinski definition) is 5. The summed E-state index contributed by atoms with van der Waals surface area (Å²) in [5, 5.41) is 2.73.